The van der Waals surface area contributed by atoms with E-state index < -0.39 is 6.10 Å². The molecule has 0 amide bonds. The van der Waals surface area contributed by atoms with Gasteiger partial charge < -0.3 is 9.84 Å². The lowest BCUT2D eigenvalue weighted by atomic mass is 10.0. The fourth-order valence-corrected chi connectivity index (χ4v) is 4.68. The molecule has 1 aromatic heterocycles. The van der Waals surface area contributed by atoms with Gasteiger partial charge in [-0.2, -0.15) is 0 Å². The Morgan fingerprint density at radius 2 is 2.27 bits per heavy atom. The van der Waals surface area contributed by atoms with Gasteiger partial charge in [0.05, 0.1) is 13.7 Å². The maximum absolute atomic E-state index is 10.2. The lowest BCUT2D eigenvalue weighted by molar-refractivity contribution is -0.0634. The molecule has 0 aromatic carbocycles. The second kappa shape index (κ2) is 5.27. The SMILES string of the molecule is OC(c1cc(Br)sc1Br)C1CCCCO1. The zero-order valence-electron chi connectivity index (χ0n) is 8.08. The van der Waals surface area contributed by atoms with Crippen LogP contribution in [-0.2, 0) is 4.74 Å². The topological polar surface area (TPSA) is 29.5 Å². The number of hydrogen-bond acceptors (Lipinski definition) is 3. The normalized spacial score (nSPS) is 24.1. The van der Waals surface area contributed by atoms with Crippen LogP contribution in [0.5, 0.6) is 0 Å². The Morgan fingerprint density at radius 3 is 2.80 bits per heavy atom. The molecule has 2 unspecified atom stereocenters. The summed E-state index contributed by atoms with van der Waals surface area (Å²) in [6, 6.07) is 1.96. The first kappa shape index (κ1) is 12.0. The Balaban J connectivity index is 2.12. The maximum Gasteiger partial charge on any atom is 0.107 e. The van der Waals surface area contributed by atoms with Gasteiger partial charge in [0.15, 0.2) is 0 Å². The van der Waals surface area contributed by atoms with Gasteiger partial charge in [0, 0.05) is 12.2 Å². The molecular weight excluding hydrogens is 344 g/mol. The summed E-state index contributed by atoms with van der Waals surface area (Å²) in [5.41, 5.74) is 0.929. The number of halogens is 2. The first-order valence-electron chi connectivity index (χ1n) is 4.93. The van der Waals surface area contributed by atoms with Crippen molar-refractivity contribution < 1.29 is 9.84 Å². The Morgan fingerprint density at radius 1 is 1.47 bits per heavy atom. The van der Waals surface area contributed by atoms with Crippen molar-refractivity contribution in [3.63, 3.8) is 0 Å². The third-order valence-electron chi connectivity index (χ3n) is 2.57. The molecule has 1 aliphatic heterocycles. The molecule has 0 aliphatic carbocycles. The molecule has 0 saturated carbocycles. The third-order valence-corrected chi connectivity index (χ3v) is 4.95. The highest BCUT2D eigenvalue weighted by Crippen LogP contribution is 2.38. The van der Waals surface area contributed by atoms with Crippen LogP contribution in [0.15, 0.2) is 13.6 Å². The van der Waals surface area contributed by atoms with E-state index in [1.807, 2.05) is 6.07 Å². The van der Waals surface area contributed by atoms with E-state index in [-0.39, 0.29) is 6.10 Å². The van der Waals surface area contributed by atoms with Gasteiger partial charge in [-0.05, 0) is 57.2 Å². The molecule has 1 aromatic rings. The molecule has 84 valence electrons. The summed E-state index contributed by atoms with van der Waals surface area (Å²) in [6.07, 6.45) is 2.64. The maximum atomic E-state index is 10.2. The number of rotatable bonds is 2. The summed E-state index contributed by atoms with van der Waals surface area (Å²) >= 11 is 8.45. The minimum Gasteiger partial charge on any atom is -0.386 e. The number of ether oxygens (including phenoxy) is 1. The summed E-state index contributed by atoms with van der Waals surface area (Å²) in [4.78, 5) is 0. The second-order valence-corrected chi connectivity index (χ2v) is 7.38. The van der Waals surface area contributed by atoms with E-state index in [0.29, 0.717) is 0 Å². The van der Waals surface area contributed by atoms with Crippen LogP contribution in [-0.4, -0.2) is 17.8 Å². The Labute approximate surface area is 110 Å². The molecule has 2 heterocycles. The number of thiophene rings is 1. The van der Waals surface area contributed by atoms with Crippen LogP contribution in [0, 0.1) is 0 Å². The van der Waals surface area contributed by atoms with E-state index in [0.717, 1.165) is 39.0 Å². The molecule has 0 spiro atoms. The Hall–Kier alpha value is 0.580. The fourth-order valence-electron chi connectivity index (χ4n) is 1.77. The first-order chi connectivity index (χ1) is 7.18. The van der Waals surface area contributed by atoms with Crippen LogP contribution < -0.4 is 0 Å². The number of aliphatic hydroxyl groups is 1. The third kappa shape index (κ3) is 2.82. The smallest absolute Gasteiger partial charge is 0.107 e. The summed E-state index contributed by atoms with van der Waals surface area (Å²) in [6.45, 7) is 0.769. The standard InChI is InChI=1S/C10H12Br2O2S/c11-8-5-6(10(12)15-8)9(13)7-3-1-2-4-14-7/h5,7,9,13H,1-4H2. The summed E-state index contributed by atoms with van der Waals surface area (Å²) in [5.74, 6) is 0. The van der Waals surface area contributed by atoms with Crippen LogP contribution in [0.25, 0.3) is 0 Å². The van der Waals surface area contributed by atoms with E-state index in [1.165, 1.54) is 0 Å². The molecule has 0 radical (unpaired) electrons. The van der Waals surface area contributed by atoms with E-state index in [1.54, 1.807) is 11.3 Å². The molecule has 1 saturated heterocycles. The van der Waals surface area contributed by atoms with Gasteiger partial charge in [0.25, 0.3) is 0 Å². The summed E-state index contributed by atoms with van der Waals surface area (Å²) in [7, 11) is 0. The lowest BCUT2D eigenvalue weighted by Crippen LogP contribution is -2.26. The molecule has 2 atom stereocenters. The van der Waals surface area contributed by atoms with Crippen molar-refractivity contribution in [3.05, 3.63) is 19.2 Å². The highest BCUT2D eigenvalue weighted by molar-refractivity contribution is 9.12. The molecule has 1 aliphatic rings. The van der Waals surface area contributed by atoms with E-state index in [4.69, 9.17) is 4.74 Å². The van der Waals surface area contributed by atoms with Gasteiger partial charge in [-0.25, -0.2) is 0 Å². The van der Waals surface area contributed by atoms with Crippen LogP contribution in [0.1, 0.15) is 30.9 Å². The second-order valence-electron chi connectivity index (χ2n) is 3.63. The fraction of sp³-hybridized carbons (Fsp3) is 0.600. The van der Waals surface area contributed by atoms with Gasteiger partial charge >= 0.3 is 0 Å². The Kier molecular flexibility index (Phi) is 4.24. The average molecular weight is 356 g/mol. The number of aliphatic hydroxyl groups excluding tert-OH is 1. The molecule has 5 heteroatoms. The van der Waals surface area contributed by atoms with Crippen LogP contribution in [0.4, 0.5) is 0 Å². The molecule has 2 nitrogen and oxygen atoms in total. The van der Waals surface area contributed by atoms with Crippen molar-refractivity contribution in [2.24, 2.45) is 0 Å². The molecular formula is C10H12Br2O2S. The van der Waals surface area contributed by atoms with Crippen molar-refractivity contribution in [1.82, 2.24) is 0 Å². The van der Waals surface area contributed by atoms with Gasteiger partial charge in [-0.15, -0.1) is 11.3 Å². The quantitative estimate of drug-likeness (QED) is 0.872. The molecule has 1 fully saturated rings. The zero-order valence-corrected chi connectivity index (χ0v) is 12.1. The predicted octanol–water partition coefficient (Wildman–Crippen LogP) is 3.88. The van der Waals surface area contributed by atoms with Crippen LogP contribution in [0.2, 0.25) is 0 Å². The largest absolute Gasteiger partial charge is 0.386 e. The van der Waals surface area contributed by atoms with Gasteiger partial charge in [0.1, 0.15) is 6.10 Å². The van der Waals surface area contributed by atoms with E-state index in [2.05, 4.69) is 31.9 Å². The van der Waals surface area contributed by atoms with E-state index >= 15 is 0 Å². The summed E-state index contributed by atoms with van der Waals surface area (Å²) < 4.78 is 7.59. The molecule has 15 heavy (non-hydrogen) atoms. The monoisotopic (exact) mass is 354 g/mol. The van der Waals surface area contributed by atoms with Crippen molar-refractivity contribution in [2.75, 3.05) is 6.61 Å². The highest BCUT2D eigenvalue weighted by atomic mass is 79.9. The van der Waals surface area contributed by atoms with Crippen LogP contribution in [0.3, 0.4) is 0 Å². The molecule has 2 rings (SSSR count). The number of hydrogen-bond donors (Lipinski definition) is 1. The van der Waals surface area contributed by atoms with Crippen molar-refractivity contribution in [3.8, 4) is 0 Å². The average Bonchev–Trinajstić information content (AvgIpc) is 2.58. The van der Waals surface area contributed by atoms with Crippen molar-refractivity contribution >= 4 is 43.2 Å². The van der Waals surface area contributed by atoms with Gasteiger partial charge in [0.2, 0.25) is 0 Å². The van der Waals surface area contributed by atoms with Gasteiger partial charge in [-0.1, -0.05) is 0 Å². The van der Waals surface area contributed by atoms with Crippen LogP contribution >= 0.6 is 43.2 Å². The Bertz CT molecular complexity index is 334. The minimum atomic E-state index is -0.512. The van der Waals surface area contributed by atoms with E-state index in [9.17, 15) is 5.11 Å². The van der Waals surface area contributed by atoms with Crippen molar-refractivity contribution in [2.45, 2.75) is 31.5 Å². The molecule has 1 N–H and O–H groups in total. The predicted molar refractivity (Wildman–Crippen MR) is 68.3 cm³/mol. The first-order valence-corrected chi connectivity index (χ1v) is 7.33. The lowest BCUT2D eigenvalue weighted by Gasteiger charge is -2.26. The minimum absolute atomic E-state index is 0.0449. The highest BCUT2D eigenvalue weighted by Gasteiger charge is 2.26. The van der Waals surface area contributed by atoms with Gasteiger partial charge in [-0.3, -0.25) is 0 Å². The summed E-state index contributed by atoms with van der Waals surface area (Å²) in [5, 5.41) is 10.2. The molecule has 0 bridgehead atoms. The van der Waals surface area contributed by atoms with Crippen molar-refractivity contribution in [1.29, 1.82) is 0 Å². The zero-order chi connectivity index (χ0) is 10.8.